The Balaban J connectivity index is 2.09. The quantitative estimate of drug-likeness (QED) is 0.434. The number of ether oxygens (including phenoxy) is 2. The van der Waals surface area contributed by atoms with Crippen LogP contribution in [0, 0.1) is 10.1 Å². The molecule has 0 aromatic heterocycles. The van der Waals surface area contributed by atoms with Gasteiger partial charge in [0.15, 0.2) is 0 Å². The molecule has 1 saturated carbocycles. The number of hydrogen-bond donors (Lipinski definition) is 0. The predicted octanol–water partition coefficient (Wildman–Crippen LogP) is 3.68. The maximum absolute atomic E-state index is 10.8. The molecule has 0 spiro atoms. The van der Waals surface area contributed by atoms with Crippen molar-refractivity contribution in [3.05, 3.63) is 32.8 Å². The highest BCUT2D eigenvalue weighted by Gasteiger charge is 2.42. The van der Waals surface area contributed by atoms with Crippen molar-refractivity contribution in [1.29, 1.82) is 0 Å². The molecule has 0 radical (unpaired) electrons. The third-order valence-electron chi connectivity index (χ3n) is 2.89. The van der Waals surface area contributed by atoms with Crippen LogP contribution in [0.5, 0.6) is 5.75 Å². The zero-order chi connectivity index (χ0) is 14.0. The van der Waals surface area contributed by atoms with Crippen molar-refractivity contribution >= 4 is 37.5 Å². The Morgan fingerprint density at radius 1 is 1.47 bits per heavy atom. The minimum atomic E-state index is -0.439. The van der Waals surface area contributed by atoms with Crippen LogP contribution in [-0.4, -0.2) is 28.6 Å². The molecular formula is C12H13Br2NO4. The zero-order valence-corrected chi connectivity index (χ0v) is 13.4. The van der Waals surface area contributed by atoms with E-state index in [0.717, 1.165) is 6.42 Å². The van der Waals surface area contributed by atoms with Gasteiger partial charge in [-0.05, 0) is 13.0 Å². The maximum Gasteiger partial charge on any atom is 0.274 e. The van der Waals surface area contributed by atoms with Gasteiger partial charge >= 0.3 is 0 Å². The fourth-order valence-electron chi connectivity index (χ4n) is 1.94. The fraction of sp³-hybridized carbons (Fsp3) is 0.500. The normalized spacial score (nSPS) is 25.7. The highest BCUT2D eigenvalue weighted by molar-refractivity contribution is 9.10. The Kier molecular flexibility index (Phi) is 4.81. The van der Waals surface area contributed by atoms with Gasteiger partial charge in [-0.15, -0.1) is 0 Å². The van der Waals surface area contributed by atoms with E-state index in [0.29, 0.717) is 16.8 Å². The van der Waals surface area contributed by atoms with Crippen LogP contribution in [0.3, 0.4) is 0 Å². The lowest BCUT2D eigenvalue weighted by Gasteiger charge is -2.40. The Morgan fingerprint density at radius 2 is 2.21 bits per heavy atom. The first-order valence-corrected chi connectivity index (χ1v) is 7.59. The molecule has 0 amide bonds. The number of benzene rings is 1. The lowest BCUT2D eigenvalue weighted by Crippen LogP contribution is -2.52. The second kappa shape index (κ2) is 6.19. The number of non-ortho nitro benzene ring substituents is 1. The van der Waals surface area contributed by atoms with Crippen molar-refractivity contribution < 1.29 is 14.4 Å². The second-order valence-electron chi connectivity index (χ2n) is 4.23. The lowest BCUT2D eigenvalue weighted by molar-refractivity contribution is -0.385. The summed E-state index contributed by atoms with van der Waals surface area (Å²) in [7, 11) is 0. The molecule has 1 aromatic carbocycles. The maximum atomic E-state index is 10.8. The van der Waals surface area contributed by atoms with Crippen molar-refractivity contribution in [1.82, 2.24) is 0 Å². The summed E-state index contributed by atoms with van der Waals surface area (Å²) in [6.07, 6.45) is 0.742. The molecule has 3 unspecified atom stereocenters. The largest absolute Gasteiger partial charge is 0.487 e. The Morgan fingerprint density at radius 3 is 2.79 bits per heavy atom. The van der Waals surface area contributed by atoms with Crippen molar-refractivity contribution in [2.75, 3.05) is 6.61 Å². The van der Waals surface area contributed by atoms with Gasteiger partial charge in [0.1, 0.15) is 18.0 Å². The number of alkyl halides is 1. The molecule has 2 rings (SSSR count). The van der Waals surface area contributed by atoms with Crippen LogP contribution in [0.4, 0.5) is 5.69 Å². The minimum Gasteiger partial charge on any atom is -0.487 e. The summed E-state index contributed by atoms with van der Waals surface area (Å²) >= 11 is 6.75. The summed E-state index contributed by atoms with van der Waals surface area (Å²) in [4.78, 5) is 10.6. The second-order valence-corrected chi connectivity index (χ2v) is 6.32. The Bertz CT molecular complexity index is 483. The SMILES string of the molecule is CCOC1C(Br)CC1Oc1cc(Br)cc([N+](=O)[O-])c1. The summed E-state index contributed by atoms with van der Waals surface area (Å²) < 4.78 is 12.0. The number of nitro benzene ring substituents is 1. The standard InChI is InChI=1S/C12H13Br2NO4/c1-2-18-12-10(14)6-11(12)19-9-4-7(13)3-8(5-9)15(16)17/h3-5,10-12H,2,6H2,1H3. The van der Waals surface area contributed by atoms with Gasteiger partial charge in [0, 0.05) is 28.4 Å². The van der Waals surface area contributed by atoms with Gasteiger partial charge in [0.2, 0.25) is 0 Å². The van der Waals surface area contributed by atoms with Gasteiger partial charge in [-0.3, -0.25) is 10.1 Å². The van der Waals surface area contributed by atoms with E-state index in [2.05, 4.69) is 31.9 Å². The number of nitro groups is 1. The monoisotopic (exact) mass is 393 g/mol. The van der Waals surface area contributed by atoms with Crippen molar-refractivity contribution in [3.63, 3.8) is 0 Å². The van der Waals surface area contributed by atoms with Crippen molar-refractivity contribution in [3.8, 4) is 5.75 Å². The Hall–Kier alpha value is -0.660. The van der Waals surface area contributed by atoms with Crippen molar-refractivity contribution in [2.24, 2.45) is 0 Å². The van der Waals surface area contributed by atoms with Crippen LogP contribution in [0.2, 0.25) is 0 Å². The number of halogens is 2. The molecule has 19 heavy (non-hydrogen) atoms. The molecule has 3 atom stereocenters. The molecule has 7 heteroatoms. The van der Waals surface area contributed by atoms with Gasteiger partial charge in [0.25, 0.3) is 5.69 Å². The van der Waals surface area contributed by atoms with Crippen LogP contribution in [0.25, 0.3) is 0 Å². The van der Waals surface area contributed by atoms with Crippen molar-refractivity contribution in [2.45, 2.75) is 30.4 Å². The summed E-state index contributed by atoms with van der Waals surface area (Å²) in [6.45, 7) is 2.55. The molecule has 0 heterocycles. The molecule has 1 aliphatic carbocycles. The molecule has 0 bridgehead atoms. The number of nitrogens with zero attached hydrogens (tertiary/aromatic N) is 1. The van der Waals surface area contributed by atoms with Crippen LogP contribution in [-0.2, 0) is 4.74 Å². The molecule has 104 valence electrons. The molecule has 1 aliphatic rings. The van der Waals surface area contributed by atoms with E-state index in [-0.39, 0.29) is 22.7 Å². The highest BCUT2D eigenvalue weighted by Crippen LogP contribution is 2.35. The van der Waals surface area contributed by atoms with E-state index < -0.39 is 4.92 Å². The predicted molar refractivity (Wildman–Crippen MR) is 78.0 cm³/mol. The van der Waals surface area contributed by atoms with Gasteiger partial charge < -0.3 is 9.47 Å². The van der Waals surface area contributed by atoms with E-state index in [4.69, 9.17) is 9.47 Å². The third-order valence-corrected chi connectivity index (χ3v) is 4.25. The smallest absolute Gasteiger partial charge is 0.274 e. The van der Waals surface area contributed by atoms with Crippen LogP contribution < -0.4 is 4.74 Å². The van der Waals surface area contributed by atoms with E-state index in [1.165, 1.54) is 12.1 Å². The van der Waals surface area contributed by atoms with E-state index in [9.17, 15) is 10.1 Å². The van der Waals surface area contributed by atoms with E-state index in [1.807, 2.05) is 6.92 Å². The van der Waals surface area contributed by atoms with Crippen LogP contribution in [0.1, 0.15) is 13.3 Å². The van der Waals surface area contributed by atoms with Crippen LogP contribution >= 0.6 is 31.9 Å². The topological polar surface area (TPSA) is 61.6 Å². The fourth-order valence-corrected chi connectivity index (χ4v) is 3.26. The first-order valence-electron chi connectivity index (χ1n) is 5.88. The summed E-state index contributed by atoms with van der Waals surface area (Å²) in [6, 6.07) is 4.59. The highest BCUT2D eigenvalue weighted by atomic mass is 79.9. The van der Waals surface area contributed by atoms with E-state index in [1.54, 1.807) is 6.07 Å². The number of hydrogen-bond acceptors (Lipinski definition) is 4. The summed E-state index contributed by atoms with van der Waals surface area (Å²) in [5.41, 5.74) is 0.00653. The van der Waals surface area contributed by atoms with Gasteiger partial charge in [-0.25, -0.2) is 0 Å². The third kappa shape index (κ3) is 3.46. The van der Waals surface area contributed by atoms with E-state index >= 15 is 0 Å². The van der Waals surface area contributed by atoms with Gasteiger partial charge in [-0.2, -0.15) is 0 Å². The van der Waals surface area contributed by atoms with Crippen LogP contribution in [0.15, 0.2) is 22.7 Å². The average Bonchev–Trinajstić information content (AvgIpc) is 2.35. The molecule has 1 aromatic rings. The number of rotatable bonds is 5. The van der Waals surface area contributed by atoms with Gasteiger partial charge in [0.05, 0.1) is 11.0 Å². The molecule has 0 aliphatic heterocycles. The Labute approximate surface area is 127 Å². The molecule has 5 nitrogen and oxygen atoms in total. The molecule has 0 saturated heterocycles. The first kappa shape index (κ1) is 14.7. The summed E-state index contributed by atoms with van der Waals surface area (Å²) in [5.74, 6) is 0.482. The molecule has 0 N–H and O–H groups in total. The zero-order valence-electron chi connectivity index (χ0n) is 10.2. The average molecular weight is 395 g/mol. The molecular weight excluding hydrogens is 382 g/mol. The minimum absolute atomic E-state index is 0.00653. The van der Waals surface area contributed by atoms with Gasteiger partial charge in [-0.1, -0.05) is 31.9 Å². The summed E-state index contributed by atoms with van der Waals surface area (Å²) in [5, 5.41) is 10.8. The molecule has 1 fully saturated rings. The first-order chi connectivity index (χ1) is 9.01. The lowest BCUT2D eigenvalue weighted by atomic mass is 9.91.